The fraction of sp³-hybridized carbons (Fsp3) is 0.462. The summed E-state index contributed by atoms with van der Waals surface area (Å²) in [6.07, 6.45) is 0.486. The zero-order valence-corrected chi connectivity index (χ0v) is 12.3. The molecule has 2 N–H and O–H groups in total. The number of aliphatic carboxylic acids is 1. The summed E-state index contributed by atoms with van der Waals surface area (Å²) in [6, 6.07) is 2.37. The number of carbonyl (C=O) groups excluding carboxylic acids is 1. The number of carboxylic acid groups (broad SMARTS) is 1. The van der Waals surface area contributed by atoms with E-state index in [-0.39, 0.29) is 11.6 Å². The maximum absolute atomic E-state index is 11.7. The number of hydrogen-bond acceptors (Lipinski definition) is 4. The third-order valence-electron chi connectivity index (χ3n) is 2.22. The Hall–Kier alpha value is -1.82. The van der Waals surface area contributed by atoms with Gasteiger partial charge in [-0.05, 0) is 38.5 Å². The Balaban J connectivity index is 2.85. The highest BCUT2D eigenvalue weighted by atomic mass is 35.5. The smallest absolute Gasteiger partial charge is 0.408 e. The average Bonchev–Trinajstić information content (AvgIpc) is 2.24. The van der Waals surface area contributed by atoms with E-state index in [1.807, 2.05) is 0 Å². The summed E-state index contributed by atoms with van der Waals surface area (Å²) >= 11 is 5.77. The first kappa shape index (κ1) is 16.2. The second kappa shape index (κ2) is 6.56. The van der Waals surface area contributed by atoms with Gasteiger partial charge in [0.1, 0.15) is 10.8 Å². The van der Waals surface area contributed by atoms with Gasteiger partial charge in [0.2, 0.25) is 0 Å². The van der Waals surface area contributed by atoms with E-state index in [1.165, 1.54) is 12.3 Å². The predicted octanol–water partition coefficient (Wildman–Crippen LogP) is 2.78. The number of halogens is 1. The lowest BCUT2D eigenvalue weighted by atomic mass is 10.1. The Labute approximate surface area is 122 Å². The zero-order valence-electron chi connectivity index (χ0n) is 11.5. The Morgan fingerprint density at radius 3 is 2.65 bits per heavy atom. The van der Waals surface area contributed by atoms with Crippen LogP contribution in [-0.2, 0) is 9.53 Å². The molecule has 110 valence electrons. The lowest BCUT2D eigenvalue weighted by Crippen LogP contribution is -2.35. The number of alkyl carbamates (subject to hydrolysis) is 1. The molecule has 1 heterocycles. The highest BCUT2D eigenvalue weighted by molar-refractivity contribution is 6.29. The summed E-state index contributed by atoms with van der Waals surface area (Å²) < 4.78 is 5.11. The Morgan fingerprint density at radius 2 is 2.15 bits per heavy atom. The molecule has 0 aliphatic carbocycles. The summed E-state index contributed by atoms with van der Waals surface area (Å²) in [5.41, 5.74) is -0.105. The highest BCUT2D eigenvalue weighted by Gasteiger charge is 2.22. The molecule has 1 rings (SSSR count). The molecule has 0 aliphatic heterocycles. The molecule has 7 heteroatoms. The molecule has 0 aromatic carbocycles. The van der Waals surface area contributed by atoms with Crippen LogP contribution in [0.3, 0.4) is 0 Å². The van der Waals surface area contributed by atoms with Crippen LogP contribution >= 0.6 is 11.6 Å². The number of rotatable bonds is 4. The molecule has 0 saturated carbocycles. The van der Waals surface area contributed by atoms with Gasteiger partial charge in [0.25, 0.3) is 0 Å². The number of carboxylic acids is 1. The van der Waals surface area contributed by atoms with Crippen LogP contribution in [0.2, 0.25) is 5.15 Å². The van der Waals surface area contributed by atoms with Crippen molar-refractivity contribution in [2.24, 2.45) is 0 Å². The molecule has 0 radical (unpaired) electrons. The van der Waals surface area contributed by atoms with Crippen LogP contribution in [0.25, 0.3) is 0 Å². The first-order chi connectivity index (χ1) is 9.17. The number of nitrogens with one attached hydrogen (secondary N) is 1. The number of nitrogens with zero attached hydrogens (tertiary/aromatic N) is 1. The van der Waals surface area contributed by atoms with Crippen molar-refractivity contribution in [1.82, 2.24) is 10.3 Å². The molecule has 0 aliphatic rings. The van der Waals surface area contributed by atoms with Crippen LogP contribution in [-0.4, -0.2) is 27.8 Å². The molecule has 0 fully saturated rings. The van der Waals surface area contributed by atoms with Crippen LogP contribution in [0.1, 0.15) is 38.8 Å². The summed E-state index contributed by atoms with van der Waals surface area (Å²) in [5.74, 6) is -1.04. The van der Waals surface area contributed by atoms with Gasteiger partial charge in [-0.1, -0.05) is 11.6 Å². The van der Waals surface area contributed by atoms with Gasteiger partial charge < -0.3 is 15.2 Å². The first-order valence-corrected chi connectivity index (χ1v) is 6.38. The van der Waals surface area contributed by atoms with Gasteiger partial charge in [0.05, 0.1) is 12.5 Å². The monoisotopic (exact) mass is 300 g/mol. The normalized spacial score (nSPS) is 12.6. The molecule has 0 unspecified atom stereocenters. The quantitative estimate of drug-likeness (QED) is 0.835. The molecule has 1 aromatic rings. The molecule has 1 amide bonds. The number of ether oxygens (including phenoxy) is 1. The summed E-state index contributed by atoms with van der Waals surface area (Å²) in [5, 5.41) is 11.7. The molecule has 0 saturated heterocycles. The molecule has 1 atom stereocenters. The van der Waals surface area contributed by atoms with Gasteiger partial charge >= 0.3 is 12.1 Å². The van der Waals surface area contributed by atoms with E-state index < -0.39 is 23.7 Å². The van der Waals surface area contributed by atoms with Crippen molar-refractivity contribution in [2.45, 2.75) is 38.8 Å². The van der Waals surface area contributed by atoms with Crippen LogP contribution in [0.5, 0.6) is 0 Å². The number of amides is 1. The Kier molecular flexibility index (Phi) is 5.33. The standard InChI is InChI=1S/C13H17ClN2O4/c1-13(2,3)20-12(19)16-9(7-11(17)18)8-4-5-15-10(14)6-8/h4-6,9H,7H2,1-3H3,(H,16,19)(H,17,18)/t9-/m0/s1. The summed E-state index contributed by atoms with van der Waals surface area (Å²) in [6.45, 7) is 5.17. The number of carbonyl (C=O) groups is 2. The van der Waals surface area contributed by atoms with Crippen molar-refractivity contribution in [3.05, 3.63) is 29.0 Å². The minimum Gasteiger partial charge on any atom is -0.481 e. The maximum Gasteiger partial charge on any atom is 0.408 e. The van der Waals surface area contributed by atoms with Crippen molar-refractivity contribution in [1.29, 1.82) is 0 Å². The van der Waals surface area contributed by atoms with E-state index >= 15 is 0 Å². The van der Waals surface area contributed by atoms with E-state index in [0.717, 1.165) is 0 Å². The predicted molar refractivity (Wildman–Crippen MR) is 73.6 cm³/mol. The molecule has 0 spiro atoms. The second-order valence-corrected chi connectivity index (χ2v) is 5.60. The van der Waals surface area contributed by atoms with E-state index in [9.17, 15) is 9.59 Å². The fourth-order valence-corrected chi connectivity index (χ4v) is 1.69. The van der Waals surface area contributed by atoms with Gasteiger partial charge in [-0.2, -0.15) is 0 Å². The zero-order chi connectivity index (χ0) is 15.3. The molecular weight excluding hydrogens is 284 g/mol. The summed E-state index contributed by atoms with van der Waals surface area (Å²) in [7, 11) is 0. The van der Waals surface area contributed by atoms with E-state index in [2.05, 4.69) is 10.3 Å². The first-order valence-electron chi connectivity index (χ1n) is 6.00. The van der Waals surface area contributed by atoms with E-state index in [1.54, 1.807) is 26.8 Å². The molecule has 20 heavy (non-hydrogen) atoms. The maximum atomic E-state index is 11.7. The van der Waals surface area contributed by atoms with Crippen molar-refractivity contribution in [3.8, 4) is 0 Å². The largest absolute Gasteiger partial charge is 0.481 e. The number of pyridine rings is 1. The lowest BCUT2D eigenvalue weighted by molar-refractivity contribution is -0.137. The molecular formula is C13H17ClN2O4. The summed E-state index contributed by atoms with van der Waals surface area (Å²) in [4.78, 5) is 26.4. The molecule has 1 aromatic heterocycles. The molecule has 0 bridgehead atoms. The van der Waals surface area contributed by atoms with Crippen molar-refractivity contribution < 1.29 is 19.4 Å². The highest BCUT2D eigenvalue weighted by Crippen LogP contribution is 2.20. The fourth-order valence-electron chi connectivity index (χ4n) is 1.51. The third kappa shape index (κ3) is 5.88. The molecule has 6 nitrogen and oxygen atoms in total. The SMILES string of the molecule is CC(C)(C)OC(=O)N[C@@H](CC(=O)O)c1ccnc(Cl)c1. The van der Waals surface area contributed by atoms with Crippen LogP contribution in [0.15, 0.2) is 18.3 Å². The van der Waals surface area contributed by atoms with Gasteiger partial charge in [0, 0.05) is 6.20 Å². The topological polar surface area (TPSA) is 88.5 Å². The van der Waals surface area contributed by atoms with E-state index in [4.69, 9.17) is 21.4 Å². The van der Waals surface area contributed by atoms with Gasteiger partial charge in [-0.25, -0.2) is 9.78 Å². The van der Waals surface area contributed by atoms with Gasteiger partial charge in [-0.15, -0.1) is 0 Å². The van der Waals surface area contributed by atoms with Crippen LogP contribution in [0.4, 0.5) is 4.79 Å². The van der Waals surface area contributed by atoms with E-state index in [0.29, 0.717) is 5.56 Å². The Morgan fingerprint density at radius 1 is 1.50 bits per heavy atom. The lowest BCUT2D eigenvalue weighted by Gasteiger charge is -2.23. The second-order valence-electron chi connectivity index (χ2n) is 5.21. The Bertz CT molecular complexity index is 499. The van der Waals surface area contributed by atoms with Crippen molar-refractivity contribution in [3.63, 3.8) is 0 Å². The van der Waals surface area contributed by atoms with Crippen LogP contribution < -0.4 is 5.32 Å². The van der Waals surface area contributed by atoms with Gasteiger partial charge in [-0.3, -0.25) is 4.79 Å². The van der Waals surface area contributed by atoms with Crippen molar-refractivity contribution in [2.75, 3.05) is 0 Å². The number of hydrogen-bond donors (Lipinski definition) is 2. The minimum atomic E-state index is -1.04. The minimum absolute atomic E-state index is 0.226. The van der Waals surface area contributed by atoms with Gasteiger partial charge in [0.15, 0.2) is 0 Å². The number of aromatic nitrogens is 1. The van der Waals surface area contributed by atoms with Crippen molar-refractivity contribution >= 4 is 23.7 Å². The van der Waals surface area contributed by atoms with Crippen LogP contribution in [0, 0.1) is 0 Å². The third-order valence-corrected chi connectivity index (χ3v) is 2.43. The average molecular weight is 301 g/mol.